The first-order valence-corrected chi connectivity index (χ1v) is 6.72. The Morgan fingerprint density at radius 3 is 2.72 bits per heavy atom. The van der Waals surface area contributed by atoms with Crippen LogP contribution in [-0.2, 0) is 4.74 Å². The lowest BCUT2D eigenvalue weighted by Gasteiger charge is -2.31. The van der Waals surface area contributed by atoms with Gasteiger partial charge in [-0.3, -0.25) is 0 Å². The average Bonchev–Trinajstić information content (AvgIpc) is 2.38. The summed E-state index contributed by atoms with van der Waals surface area (Å²) in [6, 6.07) is 8.31. The molecule has 0 amide bonds. The Bertz CT molecular complexity index is 359. The third-order valence-electron chi connectivity index (χ3n) is 3.44. The van der Waals surface area contributed by atoms with Gasteiger partial charge in [0.15, 0.2) is 0 Å². The highest BCUT2D eigenvalue weighted by Gasteiger charge is 2.20. The number of hydrogen-bond acceptors (Lipinski definition) is 3. The number of nitrogens with zero attached hydrogens (tertiary/aromatic N) is 1. The molecule has 0 atom stereocenters. The Kier molecular flexibility index (Phi) is 5.02. The number of rotatable bonds is 5. The summed E-state index contributed by atoms with van der Waals surface area (Å²) in [4.78, 5) is 2.44. The van der Waals surface area contributed by atoms with Crippen LogP contribution in [0.2, 0.25) is 0 Å². The van der Waals surface area contributed by atoms with E-state index < -0.39 is 0 Å². The standard InChI is InChI=1S/C15H23NO2/c1-13-4-3-5-15(12-13)18-14-6-8-16(9-7-14)10-11-17-2/h3-5,12,14H,6-11H2,1-2H3. The number of aryl methyl sites for hydroxylation is 1. The molecule has 1 aromatic carbocycles. The van der Waals surface area contributed by atoms with E-state index in [2.05, 4.69) is 30.0 Å². The van der Waals surface area contributed by atoms with E-state index in [0.29, 0.717) is 6.10 Å². The summed E-state index contributed by atoms with van der Waals surface area (Å²) in [5.41, 5.74) is 1.25. The molecule has 0 bridgehead atoms. The Hall–Kier alpha value is -1.06. The minimum absolute atomic E-state index is 0.366. The normalized spacial score (nSPS) is 17.9. The molecule has 18 heavy (non-hydrogen) atoms. The number of likely N-dealkylation sites (tertiary alicyclic amines) is 1. The van der Waals surface area contributed by atoms with Crippen molar-refractivity contribution >= 4 is 0 Å². The van der Waals surface area contributed by atoms with Crippen molar-refractivity contribution in [1.29, 1.82) is 0 Å². The molecule has 3 nitrogen and oxygen atoms in total. The van der Waals surface area contributed by atoms with Gasteiger partial charge in [-0.1, -0.05) is 12.1 Å². The van der Waals surface area contributed by atoms with Gasteiger partial charge in [0.25, 0.3) is 0 Å². The zero-order valence-electron chi connectivity index (χ0n) is 11.4. The van der Waals surface area contributed by atoms with Gasteiger partial charge in [-0.15, -0.1) is 0 Å². The van der Waals surface area contributed by atoms with Crippen molar-refractivity contribution in [3.8, 4) is 5.75 Å². The molecule has 3 heteroatoms. The summed E-state index contributed by atoms with van der Waals surface area (Å²) in [7, 11) is 1.76. The van der Waals surface area contributed by atoms with Gasteiger partial charge in [-0.05, 0) is 37.5 Å². The summed E-state index contributed by atoms with van der Waals surface area (Å²) in [5, 5.41) is 0. The molecule has 1 saturated heterocycles. The molecule has 1 aliphatic rings. The fraction of sp³-hybridized carbons (Fsp3) is 0.600. The Morgan fingerprint density at radius 1 is 1.28 bits per heavy atom. The van der Waals surface area contributed by atoms with Crippen LogP contribution in [0.4, 0.5) is 0 Å². The lowest BCUT2D eigenvalue weighted by Crippen LogP contribution is -2.39. The van der Waals surface area contributed by atoms with Gasteiger partial charge in [0.1, 0.15) is 11.9 Å². The maximum absolute atomic E-state index is 6.03. The molecule has 100 valence electrons. The van der Waals surface area contributed by atoms with Crippen LogP contribution in [0, 0.1) is 6.92 Å². The molecule has 0 spiro atoms. The number of benzene rings is 1. The van der Waals surface area contributed by atoms with Gasteiger partial charge in [0.05, 0.1) is 6.61 Å². The molecule has 1 heterocycles. The van der Waals surface area contributed by atoms with Gasteiger partial charge in [0.2, 0.25) is 0 Å². The first-order chi connectivity index (χ1) is 8.78. The second kappa shape index (κ2) is 6.76. The van der Waals surface area contributed by atoms with Crippen LogP contribution < -0.4 is 4.74 Å². The van der Waals surface area contributed by atoms with Crippen molar-refractivity contribution in [3.63, 3.8) is 0 Å². The summed E-state index contributed by atoms with van der Waals surface area (Å²) >= 11 is 0. The first-order valence-electron chi connectivity index (χ1n) is 6.72. The third kappa shape index (κ3) is 4.00. The molecule has 0 unspecified atom stereocenters. The molecule has 0 N–H and O–H groups in total. The average molecular weight is 249 g/mol. The monoisotopic (exact) mass is 249 g/mol. The van der Waals surface area contributed by atoms with E-state index in [-0.39, 0.29) is 0 Å². The van der Waals surface area contributed by atoms with Gasteiger partial charge in [0, 0.05) is 26.7 Å². The Labute approximate surface area is 110 Å². The second-order valence-electron chi connectivity index (χ2n) is 4.97. The molecular formula is C15H23NO2. The molecule has 1 aromatic rings. The van der Waals surface area contributed by atoms with Crippen LogP contribution in [0.1, 0.15) is 18.4 Å². The highest BCUT2D eigenvalue weighted by Crippen LogP contribution is 2.19. The fourth-order valence-electron chi connectivity index (χ4n) is 2.35. The molecule has 0 radical (unpaired) electrons. The third-order valence-corrected chi connectivity index (χ3v) is 3.44. The summed E-state index contributed by atoms with van der Waals surface area (Å²) < 4.78 is 11.1. The van der Waals surface area contributed by atoms with E-state index in [1.54, 1.807) is 7.11 Å². The molecule has 0 aliphatic carbocycles. The minimum Gasteiger partial charge on any atom is -0.490 e. The highest BCUT2D eigenvalue weighted by atomic mass is 16.5. The topological polar surface area (TPSA) is 21.7 Å². The zero-order valence-corrected chi connectivity index (χ0v) is 11.4. The van der Waals surface area contributed by atoms with E-state index in [0.717, 1.165) is 44.8 Å². The van der Waals surface area contributed by atoms with E-state index in [9.17, 15) is 0 Å². The zero-order chi connectivity index (χ0) is 12.8. The van der Waals surface area contributed by atoms with Crippen LogP contribution in [-0.4, -0.2) is 44.4 Å². The van der Waals surface area contributed by atoms with Crippen molar-refractivity contribution < 1.29 is 9.47 Å². The van der Waals surface area contributed by atoms with Gasteiger partial charge in [-0.25, -0.2) is 0 Å². The SMILES string of the molecule is COCCN1CCC(Oc2cccc(C)c2)CC1. The van der Waals surface area contributed by atoms with Gasteiger partial charge in [-0.2, -0.15) is 0 Å². The maximum Gasteiger partial charge on any atom is 0.119 e. The molecule has 1 aliphatic heterocycles. The number of ether oxygens (including phenoxy) is 2. The summed E-state index contributed by atoms with van der Waals surface area (Å²) in [5.74, 6) is 1.00. The maximum atomic E-state index is 6.03. The second-order valence-corrected chi connectivity index (χ2v) is 4.97. The van der Waals surface area contributed by atoms with Crippen molar-refractivity contribution in [3.05, 3.63) is 29.8 Å². The lowest BCUT2D eigenvalue weighted by atomic mass is 10.1. The smallest absolute Gasteiger partial charge is 0.119 e. The molecule has 0 aromatic heterocycles. The Morgan fingerprint density at radius 2 is 2.06 bits per heavy atom. The van der Waals surface area contributed by atoms with Crippen molar-refractivity contribution in [2.45, 2.75) is 25.9 Å². The lowest BCUT2D eigenvalue weighted by molar-refractivity contribution is 0.0797. The van der Waals surface area contributed by atoms with Crippen LogP contribution in [0.5, 0.6) is 5.75 Å². The molecule has 1 fully saturated rings. The molecule has 0 saturated carbocycles. The van der Waals surface area contributed by atoms with E-state index in [1.807, 2.05) is 6.07 Å². The Balaban J connectivity index is 1.76. The van der Waals surface area contributed by atoms with Crippen LogP contribution in [0.15, 0.2) is 24.3 Å². The van der Waals surface area contributed by atoms with E-state index in [4.69, 9.17) is 9.47 Å². The molecule has 2 rings (SSSR count). The van der Waals surface area contributed by atoms with E-state index in [1.165, 1.54) is 5.56 Å². The van der Waals surface area contributed by atoms with Crippen LogP contribution in [0.3, 0.4) is 0 Å². The minimum atomic E-state index is 0.366. The van der Waals surface area contributed by atoms with Gasteiger partial charge >= 0.3 is 0 Å². The fourth-order valence-corrected chi connectivity index (χ4v) is 2.35. The van der Waals surface area contributed by atoms with Crippen LogP contribution in [0.25, 0.3) is 0 Å². The predicted octanol–water partition coefficient (Wildman–Crippen LogP) is 2.48. The van der Waals surface area contributed by atoms with Crippen molar-refractivity contribution in [1.82, 2.24) is 4.90 Å². The quantitative estimate of drug-likeness (QED) is 0.800. The predicted molar refractivity (Wildman–Crippen MR) is 73.1 cm³/mol. The van der Waals surface area contributed by atoms with Crippen LogP contribution >= 0.6 is 0 Å². The summed E-state index contributed by atoms with van der Waals surface area (Å²) in [6.45, 7) is 6.18. The van der Waals surface area contributed by atoms with E-state index >= 15 is 0 Å². The van der Waals surface area contributed by atoms with Gasteiger partial charge < -0.3 is 14.4 Å². The summed E-state index contributed by atoms with van der Waals surface area (Å²) in [6.07, 6.45) is 2.58. The first kappa shape index (κ1) is 13.4. The van der Waals surface area contributed by atoms with Crippen molar-refractivity contribution in [2.24, 2.45) is 0 Å². The highest BCUT2D eigenvalue weighted by molar-refractivity contribution is 5.27. The number of piperidine rings is 1. The number of hydrogen-bond donors (Lipinski definition) is 0. The number of methoxy groups -OCH3 is 1. The molecular weight excluding hydrogens is 226 g/mol. The van der Waals surface area contributed by atoms with Crippen molar-refractivity contribution in [2.75, 3.05) is 33.4 Å². The largest absolute Gasteiger partial charge is 0.490 e.